The van der Waals surface area contributed by atoms with Crippen LogP contribution < -0.4 is 5.32 Å². The Labute approximate surface area is 131 Å². The number of nitrogens with one attached hydrogen (secondary N) is 1. The Bertz CT molecular complexity index is 741. The number of benzene rings is 1. The summed E-state index contributed by atoms with van der Waals surface area (Å²) in [6.45, 7) is -0.439. The van der Waals surface area contributed by atoms with Gasteiger partial charge in [-0.2, -0.15) is 5.26 Å². The van der Waals surface area contributed by atoms with Crippen LogP contribution >= 0.6 is 11.6 Å². The molecule has 0 aliphatic heterocycles. The van der Waals surface area contributed by atoms with E-state index in [0.29, 0.717) is 11.3 Å². The number of carbonyl (C=O) groups is 2. The topological polar surface area (TPSA) is 92.1 Å². The lowest BCUT2D eigenvalue weighted by Crippen LogP contribution is -2.21. The van der Waals surface area contributed by atoms with Gasteiger partial charge in [0.2, 0.25) is 0 Å². The van der Waals surface area contributed by atoms with Crippen molar-refractivity contribution in [1.29, 1.82) is 5.26 Å². The molecule has 1 aromatic heterocycles. The summed E-state index contributed by atoms with van der Waals surface area (Å²) in [4.78, 5) is 27.1. The average Bonchev–Trinajstić information content (AvgIpc) is 2.53. The zero-order valence-corrected chi connectivity index (χ0v) is 12.0. The average molecular weight is 316 g/mol. The van der Waals surface area contributed by atoms with Crippen molar-refractivity contribution >= 4 is 29.2 Å². The van der Waals surface area contributed by atoms with Crippen LogP contribution in [0, 0.1) is 11.3 Å². The van der Waals surface area contributed by atoms with Crippen LogP contribution in [-0.2, 0) is 9.53 Å². The Morgan fingerprint density at radius 3 is 2.82 bits per heavy atom. The first-order valence-corrected chi connectivity index (χ1v) is 6.54. The zero-order valence-electron chi connectivity index (χ0n) is 11.2. The van der Waals surface area contributed by atoms with Crippen LogP contribution in [0.4, 0.5) is 5.69 Å². The molecule has 0 aliphatic rings. The summed E-state index contributed by atoms with van der Waals surface area (Å²) in [5, 5.41) is 11.5. The maximum Gasteiger partial charge on any atom is 0.340 e. The predicted molar refractivity (Wildman–Crippen MR) is 79.3 cm³/mol. The smallest absolute Gasteiger partial charge is 0.340 e. The minimum atomic E-state index is -0.638. The van der Waals surface area contributed by atoms with E-state index in [4.69, 9.17) is 21.6 Å². The molecule has 0 radical (unpaired) electrons. The van der Waals surface area contributed by atoms with E-state index in [-0.39, 0.29) is 10.6 Å². The van der Waals surface area contributed by atoms with Crippen molar-refractivity contribution in [3.63, 3.8) is 0 Å². The van der Waals surface area contributed by atoms with Crippen LogP contribution in [0.2, 0.25) is 5.02 Å². The number of nitrogens with zero attached hydrogens (tertiary/aromatic N) is 2. The zero-order chi connectivity index (χ0) is 15.9. The van der Waals surface area contributed by atoms with E-state index < -0.39 is 18.5 Å². The molecule has 1 amide bonds. The van der Waals surface area contributed by atoms with Gasteiger partial charge in [-0.3, -0.25) is 9.78 Å². The minimum absolute atomic E-state index is 0.229. The SMILES string of the molecule is N#Cc1ccc(NC(=O)COC(=O)c2cccnc2)cc1Cl. The van der Waals surface area contributed by atoms with Crippen molar-refractivity contribution < 1.29 is 14.3 Å². The molecule has 1 heterocycles. The fourth-order valence-electron chi connectivity index (χ4n) is 1.58. The van der Waals surface area contributed by atoms with Gasteiger partial charge < -0.3 is 10.1 Å². The largest absolute Gasteiger partial charge is 0.452 e. The molecule has 0 saturated heterocycles. The van der Waals surface area contributed by atoms with Gasteiger partial charge in [0.1, 0.15) is 6.07 Å². The van der Waals surface area contributed by atoms with E-state index in [9.17, 15) is 9.59 Å². The summed E-state index contributed by atoms with van der Waals surface area (Å²) < 4.78 is 4.86. The fraction of sp³-hybridized carbons (Fsp3) is 0.0667. The normalized spacial score (nSPS) is 9.64. The molecule has 2 aromatic rings. The molecule has 0 aliphatic carbocycles. The summed E-state index contributed by atoms with van der Waals surface area (Å²) in [6.07, 6.45) is 2.87. The minimum Gasteiger partial charge on any atom is -0.452 e. The standard InChI is InChI=1S/C15H10ClN3O3/c16-13-6-12(4-3-10(13)7-17)19-14(20)9-22-15(21)11-2-1-5-18-8-11/h1-6,8H,9H2,(H,19,20). The van der Waals surface area contributed by atoms with Crippen molar-refractivity contribution in [2.75, 3.05) is 11.9 Å². The van der Waals surface area contributed by atoms with Crippen molar-refractivity contribution in [3.05, 3.63) is 58.9 Å². The lowest BCUT2D eigenvalue weighted by molar-refractivity contribution is -0.119. The number of pyridine rings is 1. The molecule has 22 heavy (non-hydrogen) atoms. The summed E-state index contributed by atoms with van der Waals surface area (Å²) in [5.74, 6) is -1.15. The third-order valence-electron chi connectivity index (χ3n) is 2.60. The highest BCUT2D eigenvalue weighted by molar-refractivity contribution is 6.32. The number of amides is 1. The van der Waals surface area contributed by atoms with Crippen LogP contribution in [0.1, 0.15) is 15.9 Å². The number of nitriles is 1. The van der Waals surface area contributed by atoms with Gasteiger partial charge in [0.25, 0.3) is 5.91 Å². The summed E-state index contributed by atoms with van der Waals surface area (Å²) >= 11 is 5.85. The lowest BCUT2D eigenvalue weighted by Gasteiger charge is -2.07. The van der Waals surface area contributed by atoms with E-state index in [2.05, 4.69) is 10.3 Å². The van der Waals surface area contributed by atoms with Gasteiger partial charge in [-0.15, -0.1) is 0 Å². The van der Waals surface area contributed by atoms with Gasteiger partial charge in [0.05, 0.1) is 16.1 Å². The molecular weight excluding hydrogens is 306 g/mol. The van der Waals surface area contributed by atoms with Crippen LogP contribution in [0.5, 0.6) is 0 Å². The Hall–Kier alpha value is -2.91. The first-order valence-electron chi connectivity index (χ1n) is 6.17. The van der Waals surface area contributed by atoms with E-state index in [1.165, 1.54) is 36.7 Å². The molecule has 2 rings (SSSR count). The van der Waals surface area contributed by atoms with Gasteiger partial charge in [0.15, 0.2) is 6.61 Å². The molecule has 0 bridgehead atoms. The van der Waals surface area contributed by atoms with Crippen molar-refractivity contribution in [2.45, 2.75) is 0 Å². The van der Waals surface area contributed by atoms with Crippen molar-refractivity contribution in [2.24, 2.45) is 0 Å². The predicted octanol–water partition coefficient (Wildman–Crippen LogP) is 2.40. The number of anilines is 1. The molecule has 7 heteroatoms. The second-order valence-electron chi connectivity index (χ2n) is 4.17. The second kappa shape index (κ2) is 7.20. The molecule has 110 valence electrons. The quantitative estimate of drug-likeness (QED) is 0.875. The molecule has 1 aromatic carbocycles. The van der Waals surface area contributed by atoms with Crippen LogP contribution in [0.15, 0.2) is 42.7 Å². The lowest BCUT2D eigenvalue weighted by atomic mass is 10.2. The Morgan fingerprint density at radius 1 is 1.36 bits per heavy atom. The van der Waals surface area contributed by atoms with E-state index in [0.717, 1.165) is 0 Å². The summed E-state index contributed by atoms with van der Waals surface area (Å²) in [7, 11) is 0. The highest BCUT2D eigenvalue weighted by Crippen LogP contribution is 2.20. The van der Waals surface area contributed by atoms with E-state index in [1.54, 1.807) is 6.07 Å². The molecule has 0 saturated carbocycles. The van der Waals surface area contributed by atoms with Crippen molar-refractivity contribution in [3.8, 4) is 6.07 Å². The van der Waals surface area contributed by atoms with Crippen molar-refractivity contribution in [1.82, 2.24) is 4.98 Å². The number of hydrogen-bond acceptors (Lipinski definition) is 5. The second-order valence-corrected chi connectivity index (χ2v) is 4.58. The van der Waals surface area contributed by atoms with Gasteiger partial charge in [0, 0.05) is 18.1 Å². The third-order valence-corrected chi connectivity index (χ3v) is 2.92. The monoisotopic (exact) mass is 315 g/mol. The Morgan fingerprint density at radius 2 is 2.18 bits per heavy atom. The molecule has 0 unspecified atom stereocenters. The van der Waals surface area contributed by atoms with Gasteiger partial charge in [-0.05, 0) is 30.3 Å². The van der Waals surface area contributed by atoms with Crippen LogP contribution in [-0.4, -0.2) is 23.5 Å². The maximum atomic E-state index is 11.7. The highest BCUT2D eigenvalue weighted by Gasteiger charge is 2.11. The summed E-state index contributed by atoms with van der Waals surface area (Å²) in [5.41, 5.74) is 0.978. The van der Waals surface area contributed by atoms with E-state index >= 15 is 0 Å². The molecule has 0 fully saturated rings. The number of hydrogen-bond donors (Lipinski definition) is 1. The molecule has 0 spiro atoms. The number of aromatic nitrogens is 1. The van der Waals surface area contributed by atoms with Gasteiger partial charge in [-0.1, -0.05) is 11.6 Å². The third kappa shape index (κ3) is 4.04. The van der Waals surface area contributed by atoms with Gasteiger partial charge in [-0.25, -0.2) is 4.79 Å². The van der Waals surface area contributed by atoms with Crippen LogP contribution in [0.25, 0.3) is 0 Å². The molecule has 0 atom stereocenters. The number of ether oxygens (including phenoxy) is 1. The molecule has 6 nitrogen and oxygen atoms in total. The molecular formula is C15H10ClN3O3. The molecule has 1 N–H and O–H groups in total. The van der Waals surface area contributed by atoms with E-state index in [1.807, 2.05) is 6.07 Å². The number of carbonyl (C=O) groups excluding carboxylic acids is 2. The number of esters is 1. The highest BCUT2D eigenvalue weighted by atomic mass is 35.5. The Kier molecular flexibility index (Phi) is 5.07. The summed E-state index contributed by atoms with van der Waals surface area (Å²) in [6, 6.07) is 9.51. The number of rotatable bonds is 4. The first-order chi connectivity index (χ1) is 10.6. The first kappa shape index (κ1) is 15.5. The van der Waals surface area contributed by atoms with Gasteiger partial charge >= 0.3 is 5.97 Å². The fourth-order valence-corrected chi connectivity index (χ4v) is 1.80. The number of halogens is 1. The van der Waals surface area contributed by atoms with Crippen LogP contribution in [0.3, 0.4) is 0 Å². The Balaban J connectivity index is 1.90. The maximum absolute atomic E-state index is 11.7.